The molecule has 1 aliphatic carbocycles. The van der Waals surface area contributed by atoms with Gasteiger partial charge in [-0.25, -0.2) is 4.98 Å². The topological polar surface area (TPSA) is 69.4 Å². The molecule has 1 atom stereocenters. The van der Waals surface area contributed by atoms with Crippen molar-refractivity contribution >= 4 is 34.8 Å². The predicted octanol–water partition coefficient (Wildman–Crippen LogP) is 6.19. The first-order valence-corrected chi connectivity index (χ1v) is 10.7. The van der Waals surface area contributed by atoms with Gasteiger partial charge in [0.2, 0.25) is 0 Å². The monoisotopic (exact) mass is 431 g/mol. The minimum atomic E-state index is 0.0867. The summed E-state index contributed by atoms with van der Waals surface area (Å²) in [6.45, 7) is 4.65. The molecule has 0 amide bonds. The average Bonchev–Trinajstić information content (AvgIpc) is 3.28. The lowest BCUT2D eigenvalue weighted by molar-refractivity contribution is 0.299. The molecule has 0 aliphatic heterocycles. The van der Waals surface area contributed by atoms with E-state index >= 15 is 0 Å². The summed E-state index contributed by atoms with van der Waals surface area (Å²) in [6, 6.07) is 7.41. The lowest BCUT2D eigenvalue weighted by atomic mass is 10.3. The molecule has 6 nitrogen and oxygen atoms in total. The van der Waals surface area contributed by atoms with E-state index in [0.29, 0.717) is 27.7 Å². The largest absolute Gasteiger partial charge is 0.493 e. The highest BCUT2D eigenvalue weighted by atomic mass is 35.5. The fourth-order valence-corrected chi connectivity index (χ4v) is 3.50. The summed E-state index contributed by atoms with van der Waals surface area (Å²) in [7, 11) is 0. The Morgan fingerprint density at radius 2 is 2.24 bits per heavy atom. The average molecular weight is 432 g/mol. The van der Waals surface area contributed by atoms with Crippen LogP contribution >= 0.6 is 22.9 Å². The second-order valence-electron chi connectivity index (χ2n) is 7.09. The number of nitrogens with zero attached hydrogens (tertiary/aromatic N) is 2. The number of hydrogen-bond donors (Lipinski definition) is 1. The quantitative estimate of drug-likeness (QED) is 0.435. The second kappa shape index (κ2) is 8.88. The Balaban J connectivity index is 1.32. The molecule has 0 unspecified atom stereocenters. The van der Waals surface area contributed by atoms with E-state index in [0.717, 1.165) is 23.0 Å². The molecular weight excluding hydrogens is 410 g/mol. The van der Waals surface area contributed by atoms with Gasteiger partial charge in [0.15, 0.2) is 5.82 Å². The van der Waals surface area contributed by atoms with Crippen LogP contribution in [-0.4, -0.2) is 22.8 Å². The van der Waals surface area contributed by atoms with Crippen molar-refractivity contribution in [3.63, 3.8) is 0 Å². The van der Waals surface area contributed by atoms with Crippen molar-refractivity contribution < 1.29 is 14.0 Å². The number of ether oxygens (including phenoxy) is 2. The molecule has 2 aromatic heterocycles. The number of halogens is 1. The van der Waals surface area contributed by atoms with Gasteiger partial charge in [-0.2, -0.15) is 0 Å². The Labute approximate surface area is 178 Å². The molecule has 0 saturated heterocycles. The van der Waals surface area contributed by atoms with Crippen LogP contribution in [0.5, 0.6) is 16.7 Å². The Hall–Kier alpha value is -2.51. The van der Waals surface area contributed by atoms with Crippen LogP contribution < -0.4 is 14.8 Å². The highest BCUT2D eigenvalue weighted by Crippen LogP contribution is 2.35. The van der Waals surface area contributed by atoms with Crippen molar-refractivity contribution in [1.82, 2.24) is 10.1 Å². The molecule has 29 heavy (non-hydrogen) atoms. The van der Waals surface area contributed by atoms with Crippen molar-refractivity contribution in [3.8, 4) is 16.7 Å². The molecule has 3 aromatic rings. The van der Waals surface area contributed by atoms with Crippen LogP contribution in [0.4, 0.5) is 5.82 Å². The second-order valence-corrected chi connectivity index (χ2v) is 8.52. The third-order valence-electron chi connectivity index (χ3n) is 4.34. The number of rotatable bonds is 9. The fraction of sp³-hybridized carbons (Fsp3) is 0.333. The molecule has 8 heteroatoms. The summed E-state index contributed by atoms with van der Waals surface area (Å²) in [5.74, 6) is 3.51. The van der Waals surface area contributed by atoms with E-state index in [4.69, 9.17) is 25.6 Å². The zero-order valence-electron chi connectivity index (χ0n) is 16.2. The first-order chi connectivity index (χ1) is 14.0. The molecular formula is C21H22ClN3O3S. The van der Waals surface area contributed by atoms with Gasteiger partial charge in [-0.05, 0) is 50.8 Å². The number of thiazole rings is 1. The first kappa shape index (κ1) is 19.8. The van der Waals surface area contributed by atoms with Gasteiger partial charge in [-0.1, -0.05) is 34.2 Å². The van der Waals surface area contributed by atoms with E-state index in [1.54, 1.807) is 12.3 Å². The molecule has 1 saturated carbocycles. The van der Waals surface area contributed by atoms with Gasteiger partial charge < -0.3 is 19.3 Å². The van der Waals surface area contributed by atoms with Gasteiger partial charge in [0.1, 0.15) is 17.3 Å². The maximum atomic E-state index is 6.33. The van der Waals surface area contributed by atoms with Crippen LogP contribution in [-0.2, 0) is 0 Å². The standard InChI is InChI=1S/C21H22ClN3O3S/c1-13(24-20-9-14(2)28-25-20)3-7-17-11-23-21(29-17)27-19-8-6-16(10-18(19)22)26-12-15-4-5-15/h3,6-11,13,15H,4-5,12H2,1-2H3,(H,24,25)/b7-3+/t13-/m0/s1. The Kier molecular flexibility index (Phi) is 6.06. The summed E-state index contributed by atoms with van der Waals surface area (Å²) in [5, 5.41) is 8.21. The van der Waals surface area contributed by atoms with Gasteiger partial charge in [-0.3, -0.25) is 0 Å². The number of nitrogens with one attached hydrogen (secondary N) is 1. The summed E-state index contributed by atoms with van der Waals surface area (Å²) in [4.78, 5) is 5.29. The minimum absolute atomic E-state index is 0.0867. The van der Waals surface area contributed by atoms with E-state index in [2.05, 4.69) is 15.5 Å². The van der Waals surface area contributed by atoms with E-state index in [1.807, 2.05) is 44.2 Å². The lowest BCUT2D eigenvalue weighted by Gasteiger charge is -2.08. The zero-order chi connectivity index (χ0) is 20.2. The van der Waals surface area contributed by atoms with E-state index < -0.39 is 0 Å². The molecule has 2 heterocycles. The molecule has 4 rings (SSSR count). The molecule has 1 aromatic carbocycles. The number of hydrogen-bond acceptors (Lipinski definition) is 7. The highest BCUT2D eigenvalue weighted by molar-refractivity contribution is 7.14. The molecule has 0 spiro atoms. The number of anilines is 1. The molecule has 0 bridgehead atoms. The van der Waals surface area contributed by atoms with Crippen molar-refractivity contribution in [1.29, 1.82) is 0 Å². The third-order valence-corrected chi connectivity index (χ3v) is 5.47. The van der Waals surface area contributed by atoms with E-state index in [9.17, 15) is 0 Å². The first-order valence-electron chi connectivity index (χ1n) is 9.49. The van der Waals surface area contributed by atoms with Gasteiger partial charge in [-0.15, -0.1) is 0 Å². The number of aryl methyl sites for hydroxylation is 1. The Morgan fingerprint density at radius 1 is 1.38 bits per heavy atom. The summed E-state index contributed by atoms with van der Waals surface area (Å²) in [6.07, 6.45) is 8.30. The van der Waals surface area contributed by atoms with Crippen molar-refractivity contribution in [2.45, 2.75) is 32.7 Å². The van der Waals surface area contributed by atoms with Crippen LogP contribution in [0.2, 0.25) is 5.02 Å². The SMILES string of the molecule is Cc1cc(N[C@@H](C)/C=C/c2cnc(Oc3ccc(OCC4CC4)cc3Cl)s2)no1. The third kappa shape index (κ3) is 5.74. The van der Waals surface area contributed by atoms with Crippen molar-refractivity contribution in [2.75, 3.05) is 11.9 Å². The maximum absolute atomic E-state index is 6.33. The van der Waals surface area contributed by atoms with E-state index in [1.165, 1.54) is 24.2 Å². The van der Waals surface area contributed by atoms with Crippen LogP contribution in [0.3, 0.4) is 0 Å². The lowest BCUT2D eigenvalue weighted by Crippen LogP contribution is -2.11. The van der Waals surface area contributed by atoms with Crippen molar-refractivity contribution in [2.24, 2.45) is 5.92 Å². The Morgan fingerprint density at radius 3 is 2.97 bits per heavy atom. The minimum Gasteiger partial charge on any atom is -0.493 e. The van der Waals surface area contributed by atoms with Gasteiger partial charge in [0.25, 0.3) is 5.19 Å². The summed E-state index contributed by atoms with van der Waals surface area (Å²) < 4.78 is 16.6. The molecule has 1 aliphatic rings. The van der Waals surface area contributed by atoms with Crippen molar-refractivity contribution in [3.05, 3.63) is 52.2 Å². The van der Waals surface area contributed by atoms with E-state index in [-0.39, 0.29) is 6.04 Å². The maximum Gasteiger partial charge on any atom is 0.279 e. The fourth-order valence-electron chi connectivity index (χ4n) is 2.60. The normalized spacial score (nSPS) is 14.9. The van der Waals surface area contributed by atoms with Crippen LogP contribution in [0.1, 0.15) is 30.4 Å². The Bertz CT molecular complexity index is 997. The van der Waals surface area contributed by atoms with Crippen LogP contribution in [0.25, 0.3) is 6.08 Å². The molecule has 152 valence electrons. The summed E-state index contributed by atoms with van der Waals surface area (Å²) in [5.41, 5.74) is 0. The van der Waals surface area contributed by atoms with Gasteiger partial charge in [0.05, 0.1) is 16.5 Å². The molecule has 0 radical (unpaired) electrons. The van der Waals surface area contributed by atoms with Gasteiger partial charge in [0, 0.05) is 24.4 Å². The molecule has 1 fully saturated rings. The molecule has 1 N–H and O–H groups in total. The smallest absolute Gasteiger partial charge is 0.279 e. The predicted molar refractivity (Wildman–Crippen MR) is 115 cm³/mol. The zero-order valence-corrected chi connectivity index (χ0v) is 17.8. The number of benzene rings is 1. The highest BCUT2D eigenvalue weighted by Gasteiger charge is 2.22. The number of aromatic nitrogens is 2. The van der Waals surface area contributed by atoms with Crippen LogP contribution in [0.15, 0.2) is 41.1 Å². The van der Waals surface area contributed by atoms with Gasteiger partial charge >= 0.3 is 0 Å². The summed E-state index contributed by atoms with van der Waals surface area (Å²) >= 11 is 7.78. The van der Waals surface area contributed by atoms with Crippen LogP contribution in [0, 0.1) is 12.8 Å².